The average molecular weight is 364 g/mol. The number of hydrogen-bond acceptors (Lipinski definition) is 5. The van der Waals surface area contributed by atoms with E-state index < -0.39 is 5.97 Å². The minimum Gasteiger partial charge on any atom is -0.459 e. The van der Waals surface area contributed by atoms with E-state index in [4.69, 9.17) is 14.2 Å². The van der Waals surface area contributed by atoms with Gasteiger partial charge in [-0.3, -0.25) is 4.79 Å². The van der Waals surface area contributed by atoms with Crippen molar-refractivity contribution in [1.82, 2.24) is 9.88 Å². The summed E-state index contributed by atoms with van der Waals surface area (Å²) < 4.78 is 16.6. The van der Waals surface area contributed by atoms with E-state index in [1.807, 2.05) is 4.90 Å². The van der Waals surface area contributed by atoms with Gasteiger partial charge < -0.3 is 24.1 Å². The third kappa shape index (κ3) is 3.64. The van der Waals surface area contributed by atoms with Crippen molar-refractivity contribution in [2.45, 2.75) is 65.4 Å². The van der Waals surface area contributed by atoms with Crippen molar-refractivity contribution in [2.75, 3.05) is 19.8 Å². The van der Waals surface area contributed by atoms with Crippen LogP contribution < -0.4 is 0 Å². The van der Waals surface area contributed by atoms with Crippen molar-refractivity contribution in [3.05, 3.63) is 22.5 Å². The van der Waals surface area contributed by atoms with Gasteiger partial charge in [0.25, 0.3) is 5.91 Å². The molecule has 2 aliphatic heterocycles. The molecule has 7 nitrogen and oxygen atoms in total. The third-order valence-electron chi connectivity index (χ3n) is 4.97. The van der Waals surface area contributed by atoms with E-state index in [-0.39, 0.29) is 24.3 Å². The maximum Gasteiger partial charge on any atom is 0.340 e. The van der Waals surface area contributed by atoms with E-state index >= 15 is 0 Å². The van der Waals surface area contributed by atoms with Crippen molar-refractivity contribution >= 4 is 11.9 Å². The zero-order valence-corrected chi connectivity index (χ0v) is 16.0. The molecule has 1 aromatic heterocycles. The fourth-order valence-electron chi connectivity index (χ4n) is 3.78. The number of piperidine rings is 1. The zero-order chi connectivity index (χ0) is 18.8. The number of amides is 1. The van der Waals surface area contributed by atoms with Gasteiger partial charge in [0, 0.05) is 12.2 Å². The minimum atomic E-state index is -0.400. The number of aryl methyl sites for hydroxylation is 1. The van der Waals surface area contributed by atoms with Crippen molar-refractivity contribution in [2.24, 2.45) is 0 Å². The number of likely N-dealkylation sites (tertiary alicyclic amines) is 1. The lowest BCUT2D eigenvalue weighted by Gasteiger charge is -2.37. The number of carbonyl (C=O) groups excluding carboxylic acids is 2. The van der Waals surface area contributed by atoms with Gasteiger partial charge in [0.1, 0.15) is 5.69 Å². The van der Waals surface area contributed by atoms with Gasteiger partial charge in [-0.2, -0.15) is 0 Å². The highest BCUT2D eigenvalue weighted by Gasteiger charge is 2.38. The molecule has 26 heavy (non-hydrogen) atoms. The summed E-state index contributed by atoms with van der Waals surface area (Å²) in [6, 6.07) is -0.0900. The van der Waals surface area contributed by atoms with E-state index in [1.165, 1.54) is 0 Å². The number of aromatic nitrogens is 1. The number of ether oxygens (including phenoxy) is 3. The Labute approximate surface area is 154 Å². The molecule has 1 N–H and O–H groups in total. The molecule has 144 valence electrons. The van der Waals surface area contributed by atoms with Crippen molar-refractivity contribution in [3.63, 3.8) is 0 Å². The summed E-state index contributed by atoms with van der Waals surface area (Å²) in [7, 11) is 0. The number of carbonyl (C=O) groups is 2. The number of rotatable bonds is 4. The summed E-state index contributed by atoms with van der Waals surface area (Å²) in [6.07, 6.45) is 2.29. The van der Waals surface area contributed by atoms with Gasteiger partial charge in [0.15, 0.2) is 6.29 Å². The molecule has 1 aromatic rings. The van der Waals surface area contributed by atoms with Crippen LogP contribution in [0.3, 0.4) is 0 Å². The second-order valence-corrected chi connectivity index (χ2v) is 7.25. The van der Waals surface area contributed by atoms with Crippen LogP contribution in [-0.2, 0) is 14.2 Å². The molecule has 2 aliphatic rings. The zero-order valence-electron chi connectivity index (χ0n) is 16.0. The quantitative estimate of drug-likeness (QED) is 0.831. The lowest BCUT2D eigenvalue weighted by atomic mass is 10.0. The average Bonchev–Trinajstić information content (AvgIpc) is 3.22. The van der Waals surface area contributed by atoms with E-state index in [1.54, 1.807) is 27.7 Å². The lowest BCUT2D eigenvalue weighted by molar-refractivity contribution is -0.100. The first kappa shape index (κ1) is 18.9. The maximum atomic E-state index is 13.2. The minimum absolute atomic E-state index is 0.0900. The highest BCUT2D eigenvalue weighted by atomic mass is 16.7. The molecule has 0 spiro atoms. The Balaban J connectivity index is 1.85. The Kier molecular flexibility index (Phi) is 5.67. The summed E-state index contributed by atoms with van der Waals surface area (Å²) in [5, 5.41) is 0. The topological polar surface area (TPSA) is 80.9 Å². The number of nitrogens with one attached hydrogen (secondary N) is 1. The Hall–Kier alpha value is -1.86. The molecule has 3 rings (SSSR count). The summed E-state index contributed by atoms with van der Waals surface area (Å²) >= 11 is 0. The second kappa shape index (κ2) is 7.80. The third-order valence-corrected chi connectivity index (χ3v) is 4.97. The van der Waals surface area contributed by atoms with Crippen LogP contribution in [0.4, 0.5) is 0 Å². The summed E-state index contributed by atoms with van der Waals surface area (Å²) in [6.45, 7) is 8.98. The summed E-state index contributed by atoms with van der Waals surface area (Å²) in [5.74, 6) is -0.513. The largest absolute Gasteiger partial charge is 0.459 e. The van der Waals surface area contributed by atoms with Crippen molar-refractivity contribution in [1.29, 1.82) is 0 Å². The molecule has 0 aliphatic carbocycles. The van der Waals surface area contributed by atoms with Crippen LogP contribution in [0.2, 0.25) is 0 Å². The van der Waals surface area contributed by atoms with Gasteiger partial charge in [-0.05, 0) is 52.5 Å². The first-order valence-electron chi connectivity index (χ1n) is 9.34. The fraction of sp³-hybridized carbons (Fsp3) is 0.684. The number of nitrogens with zero attached hydrogens (tertiary/aromatic N) is 1. The Bertz CT molecular complexity index is 676. The molecule has 0 aromatic carbocycles. The van der Waals surface area contributed by atoms with E-state index in [0.29, 0.717) is 42.3 Å². The Morgan fingerprint density at radius 1 is 1.19 bits per heavy atom. The molecule has 0 bridgehead atoms. The molecule has 2 saturated heterocycles. The second-order valence-electron chi connectivity index (χ2n) is 7.25. The predicted molar refractivity (Wildman–Crippen MR) is 95.2 cm³/mol. The number of esters is 1. The fourth-order valence-corrected chi connectivity index (χ4v) is 3.78. The first-order chi connectivity index (χ1) is 12.4. The van der Waals surface area contributed by atoms with E-state index in [9.17, 15) is 9.59 Å². The van der Waals surface area contributed by atoms with E-state index in [2.05, 4.69) is 4.98 Å². The van der Waals surface area contributed by atoms with Crippen LogP contribution in [0, 0.1) is 13.8 Å². The molecular formula is C19H28N2O5. The smallest absolute Gasteiger partial charge is 0.340 e. The molecular weight excluding hydrogens is 336 g/mol. The van der Waals surface area contributed by atoms with Crippen LogP contribution in [0.1, 0.15) is 65.2 Å². The van der Waals surface area contributed by atoms with Crippen LogP contribution in [-0.4, -0.2) is 60.0 Å². The molecule has 2 fully saturated rings. The SMILES string of the molecule is Cc1[nH]c(C(=O)N2CCCC[C@@H]2C2OCCO2)c(C)c1C(=O)OC(C)C. The van der Waals surface area contributed by atoms with Gasteiger partial charge in [0.05, 0.1) is 30.9 Å². The van der Waals surface area contributed by atoms with Gasteiger partial charge in [-0.15, -0.1) is 0 Å². The monoisotopic (exact) mass is 364 g/mol. The molecule has 7 heteroatoms. The van der Waals surface area contributed by atoms with Gasteiger partial charge in [0.2, 0.25) is 0 Å². The van der Waals surface area contributed by atoms with Gasteiger partial charge in [-0.1, -0.05) is 0 Å². The normalized spacial score (nSPS) is 21.4. The van der Waals surface area contributed by atoms with Crippen molar-refractivity contribution < 1.29 is 23.8 Å². The van der Waals surface area contributed by atoms with Gasteiger partial charge >= 0.3 is 5.97 Å². The standard InChI is InChI=1S/C19H28N2O5/c1-11(2)26-18(23)15-12(3)16(20-13(15)4)17(22)21-8-6-5-7-14(21)19-24-9-10-25-19/h11,14,19-20H,5-10H2,1-4H3/t14-/m1/s1. The predicted octanol–water partition coefficient (Wildman–Crippen LogP) is 2.56. The molecule has 3 heterocycles. The van der Waals surface area contributed by atoms with Crippen LogP contribution in [0.15, 0.2) is 0 Å². The number of aromatic amines is 1. The molecule has 0 radical (unpaired) electrons. The van der Waals surface area contributed by atoms with Crippen LogP contribution >= 0.6 is 0 Å². The molecule has 0 saturated carbocycles. The summed E-state index contributed by atoms with van der Waals surface area (Å²) in [5.41, 5.74) is 2.18. The maximum absolute atomic E-state index is 13.2. The summed E-state index contributed by atoms with van der Waals surface area (Å²) in [4.78, 5) is 30.5. The van der Waals surface area contributed by atoms with Crippen LogP contribution in [0.25, 0.3) is 0 Å². The first-order valence-corrected chi connectivity index (χ1v) is 9.34. The number of hydrogen-bond donors (Lipinski definition) is 1. The highest BCUT2D eigenvalue weighted by Crippen LogP contribution is 2.28. The van der Waals surface area contributed by atoms with Crippen molar-refractivity contribution in [3.8, 4) is 0 Å². The molecule has 1 amide bonds. The highest BCUT2D eigenvalue weighted by molar-refractivity contribution is 6.00. The lowest BCUT2D eigenvalue weighted by Crippen LogP contribution is -2.50. The Morgan fingerprint density at radius 2 is 1.88 bits per heavy atom. The molecule has 0 unspecified atom stereocenters. The molecule has 1 atom stereocenters. The Morgan fingerprint density at radius 3 is 2.54 bits per heavy atom. The van der Waals surface area contributed by atoms with Gasteiger partial charge in [-0.25, -0.2) is 4.79 Å². The van der Waals surface area contributed by atoms with Crippen LogP contribution in [0.5, 0.6) is 0 Å². The van der Waals surface area contributed by atoms with E-state index in [0.717, 1.165) is 19.3 Å². The number of H-pyrrole nitrogens is 1.